The highest BCUT2D eigenvalue weighted by Gasteiger charge is 2.56. The highest BCUT2D eigenvalue weighted by molar-refractivity contribution is 6.13. The van der Waals surface area contributed by atoms with Crippen LogP contribution in [-0.2, 0) is 81.0 Å². The molecule has 4 rings (SSSR count). The van der Waals surface area contributed by atoms with E-state index in [1.54, 1.807) is 0 Å². The fraction of sp³-hybridized carbons (Fsp3) is 0.700. The number of rotatable bonds is 26. The lowest BCUT2D eigenvalue weighted by atomic mass is 9.87. The molecule has 71 heavy (non-hydrogen) atoms. The van der Waals surface area contributed by atoms with Crippen molar-refractivity contribution in [3.05, 3.63) is 12.2 Å². The Labute approximate surface area is 402 Å². The van der Waals surface area contributed by atoms with Gasteiger partial charge in [0, 0.05) is 57.7 Å². The second-order valence-corrected chi connectivity index (χ2v) is 16.7. The summed E-state index contributed by atoms with van der Waals surface area (Å²) in [4.78, 5) is 108. The summed E-state index contributed by atoms with van der Waals surface area (Å²) in [6.45, 7) is -1.60. The van der Waals surface area contributed by atoms with Crippen LogP contribution in [0.15, 0.2) is 17.3 Å². The molecule has 0 aromatic heterocycles. The first kappa shape index (κ1) is 57.9. The molecule has 12 N–H and O–H groups in total. The van der Waals surface area contributed by atoms with Crippen molar-refractivity contribution in [3.8, 4) is 0 Å². The number of amides is 6. The number of ether oxygens (including phenoxy) is 8. The molecule has 3 saturated heterocycles. The van der Waals surface area contributed by atoms with Gasteiger partial charge in [-0.05, 0) is 0 Å². The second-order valence-electron chi connectivity index (χ2n) is 16.7. The van der Waals surface area contributed by atoms with E-state index in [1.807, 2.05) is 0 Å². The van der Waals surface area contributed by atoms with Crippen LogP contribution < -0.4 is 21.4 Å². The van der Waals surface area contributed by atoms with Crippen LogP contribution in [0.5, 0.6) is 0 Å². The Balaban J connectivity index is 1.57. The number of aliphatic hydroxyl groups is 8. The van der Waals surface area contributed by atoms with Crippen LogP contribution in [0, 0.1) is 11.8 Å². The van der Waals surface area contributed by atoms with Crippen LogP contribution in [0.25, 0.3) is 0 Å². The van der Waals surface area contributed by atoms with Gasteiger partial charge in [0.2, 0.25) is 23.6 Å². The van der Waals surface area contributed by atoms with Crippen molar-refractivity contribution in [3.63, 3.8) is 0 Å². The van der Waals surface area contributed by atoms with Gasteiger partial charge < -0.3 is 94.7 Å². The highest BCUT2D eigenvalue weighted by atomic mass is 16.9. The van der Waals surface area contributed by atoms with E-state index in [0.29, 0.717) is 0 Å². The molecule has 0 aromatic carbocycles. The first-order valence-electron chi connectivity index (χ1n) is 21.7. The zero-order valence-corrected chi connectivity index (χ0v) is 38.2. The fourth-order valence-electron chi connectivity index (χ4n) is 8.06. The molecule has 4 aliphatic rings. The van der Waals surface area contributed by atoms with E-state index >= 15 is 0 Å². The number of carbonyl (C=O) groups excluding carboxylic acids is 9. The van der Waals surface area contributed by atoms with Crippen molar-refractivity contribution in [1.29, 1.82) is 0 Å². The topological polar surface area (TPSA) is 453 Å². The van der Waals surface area contributed by atoms with Gasteiger partial charge in [-0.3, -0.25) is 48.1 Å². The lowest BCUT2D eigenvalue weighted by Gasteiger charge is -2.48. The van der Waals surface area contributed by atoms with Crippen molar-refractivity contribution in [2.75, 3.05) is 33.0 Å². The first-order valence-corrected chi connectivity index (χ1v) is 21.7. The van der Waals surface area contributed by atoms with Crippen molar-refractivity contribution in [2.24, 2.45) is 16.9 Å². The van der Waals surface area contributed by atoms with E-state index in [2.05, 4.69) is 31.2 Å². The predicted molar refractivity (Wildman–Crippen MR) is 223 cm³/mol. The largest absolute Gasteiger partial charge is 0.410 e. The number of hydrazone groups is 1. The Morgan fingerprint density at radius 3 is 1.62 bits per heavy atom. The molecule has 398 valence electrons. The molecule has 6 amide bonds. The number of nitrogens with zero attached hydrogens (tertiary/aromatic N) is 2. The van der Waals surface area contributed by atoms with Gasteiger partial charge in [-0.15, -0.1) is 0 Å². The maximum Gasteiger partial charge on any atom is 0.332 e. The van der Waals surface area contributed by atoms with Crippen LogP contribution >= 0.6 is 0 Å². The maximum atomic E-state index is 12.5. The Morgan fingerprint density at radius 1 is 0.718 bits per heavy atom. The third-order valence-electron chi connectivity index (χ3n) is 11.5. The molecule has 31 nitrogen and oxygen atoms in total. The lowest BCUT2D eigenvalue weighted by Crippen LogP contribution is -2.67. The number of hydrogen-bond acceptors (Lipinski definition) is 26. The molecule has 0 bridgehead atoms. The zero-order chi connectivity index (χ0) is 52.8. The number of aliphatic hydroxyl groups excluding tert-OH is 7. The monoisotopic (exact) mass is 1020 g/mol. The van der Waals surface area contributed by atoms with Gasteiger partial charge in [-0.1, -0.05) is 0 Å². The third kappa shape index (κ3) is 15.2. The number of carbonyl (C=O) groups is 9. The molecule has 4 heterocycles. The minimum absolute atomic E-state index is 0.157. The van der Waals surface area contributed by atoms with E-state index in [0.717, 1.165) is 44.0 Å². The van der Waals surface area contributed by atoms with Crippen molar-refractivity contribution in [1.82, 2.24) is 26.3 Å². The van der Waals surface area contributed by atoms with Gasteiger partial charge in [0.05, 0.1) is 101 Å². The van der Waals surface area contributed by atoms with E-state index in [4.69, 9.17) is 33.2 Å². The average Bonchev–Trinajstić information content (AvgIpc) is 3.61. The van der Waals surface area contributed by atoms with Gasteiger partial charge in [0.15, 0.2) is 0 Å². The average molecular weight is 1020 g/mol. The Bertz CT molecular complexity index is 1960. The molecular weight excluding hydrogens is 964 g/mol. The summed E-state index contributed by atoms with van der Waals surface area (Å²) in [6.07, 6.45) is -14.7. The summed E-state index contributed by atoms with van der Waals surface area (Å²) < 4.78 is 43.5. The van der Waals surface area contributed by atoms with Gasteiger partial charge >= 0.3 is 17.9 Å². The molecule has 16 atom stereocenters. The number of imide groups is 1. The Morgan fingerprint density at radius 2 is 1.15 bits per heavy atom. The van der Waals surface area contributed by atoms with E-state index in [1.165, 1.54) is 0 Å². The fourth-order valence-corrected chi connectivity index (χ4v) is 8.06. The molecular formula is C40H58N6O25. The summed E-state index contributed by atoms with van der Waals surface area (Å²) in [6, 6.07) is -4.46. The van der Waals surface area contributed by atoms with Crippen LogP contribution in [0.2, 0.25) is 0 Å². The van der Waals surface area contributed by atoms with Crippen molar-refractivity contribution >= 4 is 61.1 Å². The smallest absolute Gasteiger partial charge is 0.332 e. The molecule has 0 aromatic rings. The second kappa shape index (κ2) is 25.6. The van der Waals surface area contributed by atoms with Crippen LogP contribution in [0.1, 0.15) is 46.5 Å². The molecule has 16 unspecified atom stereocenters. The highest BCUT2D eigenvalue weighted by Crippen LogP contribution is 2.38. The maximum absolute atomic E-state index is 12.5. The summed E-state index contributed by atoms with van der Waals surface area (Å²) in [5.41, 5.74) is 2.12. The molecule has 0 saturated carbocycles. The van der Waals surface area contributed by atoms with Crippen molar-refractivity contribution in [2.45, 2.75) is 131 Å². The SMILES string of the molecule is CC(=O)NC1C(O)CC(OC=O)(OCC(CO)C(O)C2OC(OC=O)(OCC(CO)C(O)C3OC(O)(OC=O)CC(O)C3NC(C)=O)CC(O)C2NC(C)=O)OC1/C=N\NC(=O)CCN1C(=O)C=CC1=O. The summed E-state index contributed by atoms with van der Waals surface area (Å²) in [5, 5.41) is 99.1. The number of nitrogens with one attached hydrogen (secondary N) is 4. The number of hydrogen-bond donors (Lipinski definition) is 12. The summed E-state index contributed by atoms with van der Waals surface area (Å²) in [7, 11) is 0. The molecule has 4 aliphatic heterocycles. The van der Waals surface area contributed by atoms with Crippen LogP contribution in [-0.4, -0.2) is 225 Å². The van der Waals surface area contributed by atoms with E-state index < -0.39 is 184 Å². The Hall–Kier alpha value is -5.68. The normalized spacial score (nSPS) is 33.5. The summed E-state index contributed by atoms with van der Waals surface area (Å²) >= 11 is 0. The summed E-state index contributed by atoms with van der Waals surface area (Å²) in [5.74, 6) is -15.7. The molecule has 0 spiro atoms. The van der Waals surface area contributed by atoms with Gasteiger partial charge in [0.25, 0.3) is 31.2 Å². The molecule has 3 fully saturated rings. The minimum Gasteiger partial charge on any atom is -0.410 e. The first-order chi connectivity index (χ1) is 33.5. The van der Waals surface area contributed by atoms with Gasteiger partial charge in [-0.2, -0.15) is 5.10 Å². The Kier molecular flexibility index (Phi) is 20.9. The van der Waals surface area contributed by atoms with E-state index in [9.17, 15) is 84.0 Å². The standard InChI is InChI=1S/C40H58N6O25/c1-19(52)42-31-25(56)9-39(67-17-50,69-27(31)11-41-45-28(58)6-7-46-29(59)4-5-30(46)60)64-14-23(13-48)35(62)37-33(44-21(3)54)26(57)10-40(71-37,68-18-51)65-15-22(12-47)34(61)36-32(43-20(2)53)24(55)8-38(63,70-36)66-16-49/h4-5,11,16-18,22-27,31-37,47-48,55-57,61-63H,6-10,12-15H2,1-3H3,(H,42,52)(H,43,53)(H,44,54)(H,45,58)/b41-11-. The van der Waals surface area contributed by atoms with Crippen LogP contribution in [0.4, 0.5) is 0 Å². The van der Waals surface area contributed by atoms with Crippen LogP contribution in [0.3, 0.4) is 0 Å². The predicted octanol–water partition coefficient (Wildman–Crippen LogP) is -8.19. The van der Waals surface area contributed by atoms with Gasteiger partial charge in [0.1, 0.15) is 18.3 Å². The third-order valence-corrected chi connectivity index (χ3v) is 11.5. The quantitative estimate of drug-likeness (QED) is 0.00956. The molecule has 0 radical (unpaired) electrons. The molecule has 31 heteroatoms. The van der Waals surface area contributed by atoms with Gasteiger partial charge in [-0.25, -0.2) is 5.43 Å². The van der Waals surface area contributed by atoms with Crippen molar-refractivity contribution < 1.29 is 122 Å². The zero-order valence-electron chi connectivity index (χ0n) is 38.2. The molecule has 0 aliphatic carbocycles. The minimum atomic E-state index is -2.83. The lowest BCUT2D eigenvalue weighted by molar-refractivity contribution is -0.417. The van der Waals surface area contributed by atoms with E-state index in [-0.39, 0.29) is 26.0 Å².